The molecule has 0 unspecified atom stereocenters. The SMILES string of the molecule is COC(=O)N[C@@H](CC/C=C/C(=O)N(C)C)C(=O)Nc1cccn(Cc2cc3c(F)cnc(CC(C)C)c3[nH]2)c1=O. The summed E-state index contributed by atoms with van der Waals surface area (Å²) in [5.41, 5.74) is 1.47. The van der Waals surface area contributed by atoms with E-state index in [0.717, 1.165) is 5.69 Å². The molecule has 0 radical (unpaired) electrons. The molecule has 0 aliphatic carbocycles. The summed E-state index contributed by atoms with van der Waals surface area (Å²) in [6.45, 7) is 4.20. The molecule has 0 saturated heterocycles. The lowest BCUT2D eigenvalue weighted by atomic mass is 10.1. The van der Waals surface area contributed by atoms with Gasteiger partial charge in [-0.1, -0.05) is 19.9 Å². The van der Waals surface area contributed by atoms with Gasteiger partial charge in [-0.15, -0.1) is 0 Å². The van der Waals surface area contributed by atoms with Gasteiger partial charge in [0.25, 0.3) is 5.56 Å². The van der Waals surface area contributed by atoms with Gasteiger partial charge in [-0.25, -0.2) is 9.18 Å². The summed E-state index contributed by atoms with van der Waals surface area (Å²) in [7, 11) is 4.41. The van der Waals surface area contributed by atoms with Crippen LogP contribution in [-0.4, -0.2) is 64.6 Å². The van der Waals surface area contributed by atoms with E-state index >= 15 is 0 Å². The van der Waals surface area contributed by atoms with Gasteiger partial charge < -0.3 is 29.8 Å². The number of rotatable bonds is 11. The molecule has 214 valence electrons. The number of carbonyl (C=O) groups excluding carboxylic acids is 3. The highest BCUT2D eigenvalue weighted by Gasteiger charge is 2.22. The number of ether oxygens (including phenoxy) is 1. The Morgan fingerprint density at radius 2 is 2.02 bits per heavy atom. The zero-order valence-corrected chi connectivity index (χ0v) is 23.3. The molecule has 3 amide bonds. The van der Waals surface area contributed by atoms with Crippen LogP contribution in [0.1, 0.15) is 38.1 Å². The number of carbonyl (C=O) groups is 3. The molecular weight excluding hydrogens is 519 g/mol. The normalized spacial score (nSPS) is 12.1. The average Bonchev–Trinajstić information content (AvgIpc) is 3.34. The fourth-order valence-electron chi connectivity index (χ4n) is 4.05. The molecule has 3 N–H and O–H groups in total. The third-order valence-electron chi connectivity index (χ3n) is 6.09. The summed E-state index contributed by atoms with van der Waals surface area (Å²) in [6, 6.07) is 3.68. The minimum Gasteiger partial charge on any atom is -0.453 e. The van der Waals surface area contributed by atoms with Crippen LogP contribution in [0.4, 0.5) is 14.9 Å². The fraction of sp³-hybridized carbons (Fsp3) is 0.393. The number of amides is 3. The van der Waals surface area contributed by atoms with Crippen LogP contribution in [0.3, 0.4) is 0 Å². The fourth-order valence-corrected chi connectivity index (χ4v) is 4.05. The lowest BCUT2D eigenvalue weighted by Crippen LogP contribution is -2.44. The van der Waals surface area contributed by atoms with Crippen molar-refractivity contribution in [3.05, 3.63) is 70.3 Å². The second-order valence-electron chi connectivity index (χ2n) is 9.98. The number of fused-ring (bicyclic) bond motifs is 1. The van der Waals surface area contributed by atoms with Crippen LogP contribution < -0.4 is 16.2 Å². The molecule has 40 heavy (non-hydrogen) atoms. The number of methoxy groups -OCH3 is 1. The zero-order chi connectivity index (χ0) is 29.4. The smallest absolute Gasteiger partial charge is 0.407 e. The molecule has 11 nitrogen and oxygen atoms in total. The van der Waals surface area contributed by atoms with Gasteiger partial charge in [0.15, 0.2) is 5.82 Å². The minimum absolute atomic E-state index is 0.00643. The number of hydrogen-bond donors (Lipinski definition) is 3. The molecule has 0 aliphatic rings. The van der Waals surface area contributed by atoms with Gasteiger partial charge in [-0.3, -0.25) is 19.4 Å². The summed E-state index contributed by atoms with van der Waals surface area (Å²) >= 11 is 0. The Kier molecular flexibility index (Phi) is 10.2. The topological polar surface area (TPSA) is 138 Å². The predicted molar refractivity (Wildman–Crippen MR) is 149 cm³/mol. The number of anilines is 1. The Hall–Kier alpha value is -4.48. The summed E-state index contributed by atoms with van der Waals surface area (Å²) in [5, 5.41) is 5.43. The highest BCUT2D eigenvalue weighted by Crippen LogP contribution is 2.23. The maximum absolute atomic E-state index is 14.5. The number of nitrogens with one attached hydrogen (secondary N) is 3. The van der Waals surface area contributed by atoms with Crippen LogP contribution in [0.25, 0.3) is 10.9 Å². The molecule has 12 heteroatoms. The highest BCUT2D eigenvalue weighted by atomic mass is 19.1. The van der Waals surface area contributed by atoms with E-state index < -0.39 is 29.4 Å². The van der Waals surface area contributed by atoms with Gasteiger partial charge in [0, 0.05) is 31.4 Å². The molecule has 0 aliphatic heterocycles. The van der Waals surface area contributed by atoms with E-state index in [4.69, 9.17) is 0 Å². The third kappa shape index (κ3) is 7.78. The third-order valence-corrected chi connectivity index (χ3v) is 6.09. The maximum Gasteiger partial charge on any atom is 0.407 e. The van der Waals surface area contributed by atoms with Gasteiger partial charge in [-0.05, 0) is 49.5 Å². The van der Waals surface area contributed by atoms with Crippen molar-refractivity contribution in [2.75, 3.05) is 26.5 Å². The number of likely N-dealkylation sites (N-methyl/N-ethyl adjacent to an activating group) is 1. The first-order valence-corrected chi connectivity index (χ1v) is 12.9. The van der Waals surface area contributed by atoms with Gasteiger partial charge in [0.1, 0.15) is 11.7 Å². The number of alkyl carbamates (subject to hydrolysis) is 1. The molecule has 3 aromatic rings. The van der Waals surface area contributed by atoms with Crippen molar-refractivity contribution in [3.63, 3.8) is 0 Å². The quantitative estimate of drug-likeness (QED) is 0.311. The van der Waals surface area contributed by atoms with Crippen molar-refractivity contribution in [2.24, 2.45) is 5.92 Å². The molecule has 0 spiro atoms. The summed E-state index contributed by atoms with van der Waals surface area (Å²) in [6.07, 6.45) is 6.07. The Balaban J connectivity index is 1.78. The second kappa shape index (κ2) is 13.5. The second-order valence-corrected chi connectivity index (χ2v) is 9.98. The Bertz CT molecular complexity index is 1460. The molecule has 3 aromatic heterocycles. The highest BCUT2D eigenvalue weighted by molar-refractivity contribution is 5.96. The van der Waals surface area contributed by atoms with E-state index in [1.807, 2.05) is 13.8 Å². The minimum atomic E-state index is -1.02. The Labute approximate surface area is 231 Å². The van der Waals surface area contributed by atoms with Crippen molar-refractivity contribution in [1.82, 2.24) is 24.8 Å². The molecular formula is C28H35FN6O5. The van der Waals surface area contributed by atoms with Crippen molar-refractivity contribution in [1.29, 1.82) is 0 Å². The van der Waals surface area contributed by atoms with E-state index in [0.29, 0.717) is 35.4 Å². The number of aromatic amines is 1. The number of hydrogen-bond acceptors (Lipinski definition) is 6. The summed E-state index contributed by atoms with van der Waals surface area (Å²) in [4.78, 5) is 58.6. The van der Waals surface area contributed by atoms with E-state index in [9.17, 15) is 23.6 Å². The Morgan fingerprint density at radius 3 is 2.70 bits per heavy atom. The standard InChI is InChI=1S/C28H35FN6O5/c1-17(2)13-23-25-19(20(29)15-30-23)14-18(31-25)16-35-12-8-10-22(27(35)38)32-26(37)21(33-28(39)40-5)9-6-7-11-24(36)34(3)4/h7-8,10-12,14-15,17,21,31H,6,9,13,16H2,1-5H3,(H,32,37)(H,33,39)/b11-7+/t21-/m0/s1. The van der Waals surface area contributed by atoms with Crippen LogP contribution in [0.2, 0.25) is 0 Å². The molecule has 0 aromatic carbocycles. The van der Waals surface area contributed by atoms with E-state index in [-0.39, 0.29) is 24.6 Å². The predicted octanol–water partition coefficient (Wildman–Crippen LogP) is 3.20. The molecule has 3 heterocycles. The van der Waals surface area contributed by atoms with Crippen molar-refractivity contribution < 1.29 is 23.5 Å². The lowest BCUT2D eigenvalue weighted by molar-refractivity contribution is -0.123. The zero-order valence-electron chi connectivity index (χ0n) is 23.3. The number of aromatic nitrogens is 3. The number of allylic oxidation sites excluding steroid dienone is 1. The number of H-pyrrole nitrogens is 1. The van der Waals surface area contributed by atoms with Crippen LogP contribution in [0.5, 0.6) is 0 Å². The van der Waals surface area contributed by atoms with E-state index in [1.54, 1.807) is 38.5 Å². The number of halogens is 1. The van der Waals surface area contributed by atoms with Gasteiger partial charge in [-0.2, -0.15) is 0 Å². The van der Waals surface area contributed by atoms with E-state index in [2.05, 4.69) is 25.3 Å². The molecule has 0 saturated carbocycles. The van der Waals surface area contributed by atoms with Crippen molar-refractivity contribution in [3.8, 4) is 0 Å². The summed E-state index contributed by atoms with van der Waals surface area (Å²) < 4.78 is 20.5. The van der Waals surface area contributed by atoms with Gasteiger partial charge in [0.2, 0.25) is 11.8 Å². The number of nitrogens with zero attached hydrogens (tertiary/aromatic N) is 3. The first-order chi connectivity index (χ1) is 19.0. The maximum atomic E-state index is 14.5. The molecule has 0 bridgehead atoms. The van der Waals surface area contributed by atoms with Crippen molar-refractivity contribution >= 4 is 34.5 Å². The van der Waals surface area contributed by atoms with Gasteiger partial charge in [0.05, 0.1) is 31.1 Å². The molecule has 0 fully saturated rings. The van der Waals surface area contributed by atoms with Gasteiger partial charge >= 0.3 is 6.09 Å². The van der Waals surface area contributed by atoms with Crippen LogP contribution >= 0.6 is 0 Å². The monoisotopic (exact) mass is 554 g/mol. The van der Waals surface area contributed by atoms with E-state index in [1.165, 1.54) is 34.9 Å². The Morgan fingerprint density at radius 1 is 1.27 bits per heavy atom. The first kappa shape index (κ1) is 30.1. The largest absolute Gasteiger partial charge is 0.453 e. The van der Waals surface area contributed by atoms with Crippen LogP contribution in [0, 0.1) is 11.7 Å². The average molecular weight is 555 g/mol. The van der Waals surface area contributed by atoms with Crippen LogP contribution in [0.15, 0.2) is 47.5 Å². The summed E-state index contributed by atoms with van der Waals surface area (Å²) in [5.74, 6) is -0.963. The lowest BCUT2D eigenvalue weighted by Gasteiger charge is -2.17. The van der Waals surface area contributed by atoms with Crippen molar-refractivity contribution in [2.45, 2.75) is 45.7 Å². The van der Waals surface area contributed by atoms with Crippen LogP contribution in [-0.2, 0) is 27.3 Å². The first-order valence-electron chi connectivity index (χ1n) is 12.9. The molecule has 1 atom stereocenters. The molecule has 3 rings (SSSR count). The number of pyridine rings is 2.